The van der Waals surface area contributed by atoms with Crippen molar-refractivity contribution in [1.82, 2.24) is 28.5 Å². The Morgan fingerprint density at radius 1 is 1.19 bits per heavy atom. The van der Waals surface area contributed by atoms with Crippen LogP contribution in [0.3, 0.4) is 0 Å². The van der Waals surface area contributed by atoms with Crippen molar-refractivity contribution in [2.45, 2.75) is 33.9 Å². The summed E-state index contributed by atoms with van der Waals surface area (Å²) in [5.41, 5.74) is 1.66. The Morgan fingerprint density at radius 3 is 2.50 bits per heavy atom. The number of fused-ring (bicyclic) bond motifs is 1. The van der Waals surface area contributed by atoms with Gasteiger partial charge in [0.15, 0.2) is 11.2 Å². The molecule has 8 nitrogen and oxygen atoms in total. The van der Waals surface area contributed by atoms with Gasteiger partial charge in [-0.15, -0.1) is 6.58 Å². The molecule has 0 amide bonds. The van der Waals surface area contributed by atoms with Crippen molar-refractivity contribution in [1.29, 1.82) is 0 Å². The molecule has 0 spiro atoms. The number of nitrogens with zero attached hydrogens (tertiary/aromatic N) is 6. The molecule has 3 rings (SSSR count). The van der Waals surface area contributed by atoms with E-state index < -0.39 is 5.69 Å². The maximum Gasteiger partial charge on any atom is 0.332 e. The lowest BCUT2D eigenvalue weighted by Gasteiger charge is -2.09. The van der Waals surface area contributed by atoms with Crippen molar-refractivity contribution in [3.63, 3.8) is 0 Å². The van der Waals surface area contributed by atoms with Gasteiger partial charge in [-0.05, 0) is 26.8 Å². The minimum atomic E-state index is -0.399. The molecule has 0 aliphatic rings. The van der Waals surface area contributed by atoms with Gasteiger partial charge >= 0.3 is 5.69 Å². The fourth-order valence-electron chi connectivity index (χ4n) is 3.03. The SMILES string of the molecule is C=CCn1c(-n2nc(C)cc2C)nc2c1c(=O)n(C/C=C\C)c(=O)n2C. The van der Waals surface area contributed by atoms with Gasteiger partial charge in [-0.3, -0.25) is 18.5 Å². The van der Waals surface area contributed by atoms with Crippen LogP contribution in [0.15, 0.2) is 40.5 Å². The lowest BCUT2D eigenvalue weighted by molar-refractivity contribution is 0.662. The van der Waals surface area contributed by atoms with Crippen LogP contribution in [0.25, 0.3) is 17.1 Å². The molecule has 8 heteroatoms. The Labute approximate surface area is 150 Å². The first-order valence-corrected chi connectivity index (χ1v) is 8.36. The largest absolute Gasteiger partial charge is 0.332 e. The van der Waals surface area contributed by atoms with Crippen LogP contribution in [0.4, 0.5) is 0 Å². The Kier molecular flexibility index (Phi) is 4.50. The van der Waals surface area contributed by atoms with Gasteiger partial charge in [0.25, 0.3) is 5.56 Å². The molecule has 0 saturated heterocycles. The average Bonchev–Trinajstić information content (AvgIpc) is 3.13. The number of aryl methyl sites for hydroxylation is 3. The van der Waals surface area contributed by atoms with Gasteiger partial charge in [-0.1, -0.05) is 18.2 Å². The summed E-state index contributed by atoms with van der Waals surface area (Å²) in [6, 6.07) is 1.93. The van der Waals surface area contributed by atoms with Crippen LogP contribution in [0.2, 0.25) is 0 Å². The Morgan fingerprint density at radius 2 is 1.92 bits per heavy atom. The second kappa shape index (κ2) is 6.62. The van der Waals surface area contributed by atoms with E-state index in [0.717, 1.165) is 11.4 Å². The first-order chi connectivity index (χ1) is 12.4. The van der Waals surface area contributed by atoms with Crippen LogP contribution in [-0.4, -0.2) is 28.5 Å². The molecule has 3 aromatic heterocycles. The highest BCUT2D eigenvalue weighted by Gasteiger charge is 2.21. The fourth-order valence-corrected chi connectivity index (χ4v) is 3.03. The maximum absolute atomic E-state index is 13.0. The van der Waals surface area contributed by atoms with Crippen molar-refractivity contribution in [3.8, 4) is 5.95 Å². The molecule has 0 aliphatic carbocycles. The number of hydrogen-bond donors (Lipinski definition) is 0. The average molecular weight is 354 g/mol. The number of aromatic nitrogens is 6. The molecule has 0 N–H and O–H groups in total. The zero-order valence-electron chi connectivity index (χ0n) is 15.4. The summed E-state index contributed by atoms with van der Waals surface area (Å²) in [7, 11) is 1.62. The monoisotopic (exact) mass is 354 g/mol. The van der Waals surface area contributed by atoms with Gasteiger partial charge in [0.2, 0.25) is 5.95 Å². The van der Waals surface area contributed by atoms with E-state index in [0.29, 0.717) is 23.7 Å². The molecule has 0 aliphatic heterocycles. The molecule has 0 bridgehead atoms. The van der Waals surface area contributed by atoms with Crippen molar-refractivity contribution in [2.24, 2.45) is 7.05 Å². The van der Waals surface area contributed by atoms with Crippen molar-refractivity contribution in [3.05, 3.63) is 63.1 Å². The van der Waals surface area contributed by atoms with Crippen LogP contribution >= 0.6 is 0 Å². The molecule has 3 heterocycles. The highest BCUT2D eigenvalue weighted by atomic mass is 16.2. The van der Waals surface area contributed by atoms with Gasteiger partial charge in [-0.25, -0.2) is 9.48 Å². The van der Waals surface area contributed by atoms with Crippen molar-refractivity contribution < 1.29 is 0 Å². The van der Waals surface area contributed by atoms with Gasteiger partial charge in [0, 0.05) is 25.8 Å². The number of imidazole rings is 1. The van der Waals surface area contributed by atoms with Crippen LogP contribution in [0.1, 0.15) is 18.3 Å². The Bertz CT molecular complexity index is 1140. The molecular formula is C18H22N6O2. The minimum absolute atomic E-state index is 0.215. The van der Waals surface area contributed by atoms with Crippen LogP contribution in [0.5, 0.6) is 0 Å². The summed E-state index contributed by atoms with van der Waals surface area (Å²) >= 11 is 0. The van der Waals surface area contributed by atoms with E-state index in [4.69, 9.17) is 0 Å². The van der Waals surface area contributed by atoms with E-state index in [2.05, 4.69) is 16.7 Å². The molecule has 0 fully saturated rings. The first-order valence-electron chi connectivity index (χ1n) is 8.36. The van der Waals surface area contributed by atoms with Gasteiger partial charge < -0.3 is 0 Å². The van der Waals surface area contributed by atoms with Crippen LogP contribution in [0, 0.1) is 13.8 Å². The van der Waals surface area contributed by atoms with E-state index in [1.807, 2.05) is 26.8 Å². The third kappa shape index (κ3) is 2.63. The molecule has 0 radical (unpaired) electrons. The molecule has 0 atom stereocenters. The minimum Gasteiger partial charge on any atom is -0.299 e. The van der Waals surface area contributed by atoms with Crippen LogP contribution < -0.4 is 11.2 Å². The molecule has 0 saturated carbocycles. The standard InChI is InChI=1S/C18H22N6O2/c1-6-8-10-23-16(25)14-15(21(5)18(23)26)19-17(22(14)9-7-2)24-13(4)11-12(3)20-24/h6-8,11H,2,9-10H2,1,3-5H3/b8-6-. The van der Waals surface area contributed by atoms with E-state index in [9.17, 15) is 9.59 Å². The second-order valence-corrected chi connectivity index (χ2v) is 6.15. The summed E-state index contributed by atoms with van der Waals surface area (Å²) in [5.74, 6) is 0.487. The second-order valence-electron chi connectivity index (χ2n) is 6.15. The van der Waals surface area contributed by atoms with Crippen LogP contribution in [-0.2, 0) is 20.1 Å². The topological polar surface area (TPSA) is 79.6 Å². The third-order valence-corrected chi connectivity index (χ3v) is 4.25. The van der Waals surface area contributed by atoms with E-state index in [1.165, 1.54) is 9.13 Å². The van der Waals surface area contributed by atoms with Crippen molar-refractivity contribution >= 4 is 11.2 Å². The quantitative estimate of drug-likeness (QED) is 0.650. The van der Waals surface area contributed by atoms with Crippen molar-refractivity contribution in [2.75, 3.05) is 0 Å². The molecule has 0 unspecified atom stereocenters. The summed E-state index contributed by atoms with van der Waals surface area (Å²) < 4.78 is 6.03. The number of rotatable bonds is 5. The van der Waals surface area contributed by atoms with Gasteiger partial charge in [-0.2, -0.15) is 10.1 Å². The maximum atomic E-state index is 13.0. The zero-order valence-corrected chi connectivity index (χ0v) is 15.4. The van der Waals surface area contributed by atoms with E-state index >= 15 is 0 Å². The first kappa shape index (κ1) is 17.7. The molecule has 26 heavy (non-hydrogen) atoms. The molecule has 0 aromatic carbocycles. The summed E-state index contributed by atoms with van der Waals surface area (Å²) in [6.45, 7) is 10.0. The highest BCUT2D eigenvalue weighted by molar-refractivity contribution is 5.72. The molecular weight excluding hydrogens is 332 g/mol. The normalized spacial score (nSPS) is 11.7. The number of allylic oxidation sites excluding steroid dienone is 3. The smallest absolute Gasteiger partial charge is 0.299 e. The number of hydrogen-bond acceptors (Lipinski definition) is 4. The Balaban J connectivity index is 2.44. The summed E-state index contributed by atoms with van der Waals surface area (Å²) in [5, 5.41) is 4.46. The fraction of sp³-hybridized carbons (Fsp3) is 0.333. The van der Waals surface area contributed by atoms with Gasteiger partial charge in [0.1, 0.15) is 0 Å². The van der Waals surface area contributed by atoms with E-state index in [1.54, 1.807) is 34.5 Å². The molecule has 3 aromatic rings. The lowest BCUT2D eigenvalue weighted by Crippen LogP contribution is -2.39. The predicted molar refractivity (Wildman–Crippen MR) is 101 cm³/mol. The van der Waals surface area contributed by atoms with E-state index in [-0.39, 0.29) is 12.1 Å². The summed E-state index contributed by atoms with van der Waals surface area (Å²) in [4.78, 5) is 30.2. The lowest BCUT2D eigenvalue weighted by atomic mass is 10.4. The zero-order chi connectivity index (χ0) is 19.0. The highest BCUT2D eigenvalue weighted by Crippen LogP contribution is 2.17. The predicted octanol–water partition coefficient (Wildman–Crippen LogP) is 1.46. The summed E-state index contributed by atoms with van der Waals surface area (Å²) in [6.07, 6.45) is 5.26. The third-order valence-electron chi connectivity index (χ3n) is 4.25. The molecule has 136 valence electrons. The van der Waals surface area contributed by atoms with Gasteiger partial charge in [0.05, 0.1) is 5.69 Å². The Hall–Kier alpha value is -3.16.